The predicted molar refractivity (Wildman–Crippen MR) is 389 cm³/mol. The molecule has 0 radical (unpaired) electrons. The Hall–Kier alpha value is -9.27. The SMILES string of the molecule is CC(C)C[C@H]1C(=O)N(C)[C@@H](C(C)C)C(=O)N[C@@H](Cc2ccccc2)C(=O)N[C@H](C(=O)N(C)C(Cc2ccccc2)C(=O)NC(C)C(=O)N2CCCCC2)CC(=O)N(C)[C@H](C)C(=O)N[C@@H](C(C)C)C(=O)N(C)[C@@H](CC(C)C)C(=O)N[C@@H]([C@@H](C)O)C(=O)N(C)[C@@H](Cc2ccccc2)C(=O)NCC(=O)N1C. The molecule has 103 heavy (non-hydrogen) atoms. The molecular formula is C76H113N13O14. The molecule has 2 unspecified atom stereocenters. The average Bonchev–Trinajstić information content (AvgIpc) is 0.838. The second-order valence-corrected chi connectivity index (χ2v) is 29.2. The first kappa shape index (κ1) is 84.4. The zero-order valence-corrected chi connectivity index (χ0v) is 63.3. The molecule has 2 heterocycles. The van der Waals surface area contributed by atoms with Crippen molar-refractivity contribution in [1.82, 2.24) is 66.2 Å². The van der Waals surface area contributed by atoms with Crippen molar-refractivity contribution >= 4 is 76.8 Å². The Kier molecular flexibility index (Phi) is 32.3. The van der Waals surface area contributed by atoms with Crippen LogP contribution in [0.15, 0.2) is 91.0 Å². The molecule has 7 N–H and O–H groups in total. The summed E-state index contributed by atoms with van der Waals surface area (Å²) in [6.07, 6.45) is -0.170. The third-order valence-corrected chi connectivity index (χ3v) is 19.4. The highest BCUT2D eigenvalue weighted by atomic mass is 16.3. The van der Waals surface area contributed by atoms with Crippen molar-refractivity contribution in [2.75, 3.05) is 61.9 Å². The normalized spacial score (nSPS) is 23.9. The summed E-state index contributed by atoms with van der Waals surface area (Å²) in [7, 11) is 8.06. The number of aliphatic hydroxyl groups excluding tert-OH is 1. The van der Waals surface area contributed by atoms with E-state index in [1.54, 1.807) is 144 Å². The van der Waals surface area contributed by atoms with E-state index in [9.17, 15) is 43.5 Å². The fourth-order valence-electron chi connectivity index (χ4n) is 13.0. The molecule has 0 bridgehead atoms. The van der Waals surface area contributed by atoms with Crippen molar-refractivity contribution in [2.24, 2.45) is 23.7 Å². The van der Waals surface area contributed by atoms with Crippen LogP contribution in [0.2, 0.25) is 0 Å². The van der Waals surface area contributed by atoms with Crippen LogP contribution in [-0.4, -0.2) is 251 Å². The van der Waals surface area contributed by atoms with E-state index in [4.69, 9.17) is 0 Å². The standard InChI is InChI=1S/C76H113N13O14/c1-45(2)38-57-70(97)82-64(51(11)90)76(103)87(16)58(41-53-32-24-19-25-33-53)68(95)77-44-62(92)84(13)60(39-46(3)4)74(101)88(17)65(48(7)8)71(98)79-55(40-52-30-22-18-23-31-52)67(94)80-56(43-61(91)83(12)50(10)66(93)81-63(47(5)6)75(102)86(57)15)73(100)85(14)59(42-54-34-26-20-27-35-54)69(96)78-49(9)72(99)89-36-28-21-29-37-89/h18-20,22-27,30-35,45-51,55-60,63-65,90H,21,28-29,36-44H2,1-17H3,(H,77,95)(H,78,96)(H,79,98)(H,80,94)(H,81,93)(H,82,97)/t49?,50-,51-,55+,56+,57+,58+,59?,60+,63+,64+,65+/m1/s1. The zero-order chi connectivity index (χ0) is 76.9. The van der Waals surface area contributed by atoms with Crippen molar-refractivity contribution in [3.05, 3.63) is 108 Å². The molecule has 27 nitrogen and oxygen atoms in total. The van der Waals surface area contributed by atoms with E-state index in [-0.39, 0.29) is 49.8 Å². The van der Waals surface area contributed by atoms with Crippen LogP contribution in [0.4, 0.5) is 0 Å². The van der Waals surface area contributed by atoms with Crippen molar-refractivity contribution in [2.45, 2.75) is 207 Å². The summed E-state index contributed by atoms with van der Waals surface area (Å²) in [6, 6.07) is 10.6. The minimum Gasteiger partial charge on any atom is -0.391 e. The lowest BCUT2D eigenvalue weighted by molar-refractivity contribution is -0.150. The van der Waals surface area contributed by atoms with Crippen molar-refractivity contribution in [3.8, 4) is 0 Å². The van der Waals surface area contributed by atoms with Gasteiger partial charge in [0.25, 0.3) is 0 Å². The van der Waals surface area contributed by atoms with Gasteiger partial charge < -0.3 is 71.3 Å². The Morgan fingerprint density at radius 1 is 0.524 bits per heavy atom. The second-order valence-electron chi connectivity index (χ2n) is 29.2. The minimum atomic E-state index is -1.85. The average molecular weight is 1430 g/mol. The predicted octanol–water partition coefficient (Wildman–Crippen LogP) is 2.46. The Morgan fingerprint density at radius 3 is 1.55 bits per heavy atom. The van der Waals surface area contributed by atoms with Gasteiger partial charge in [-0.25, -0.2) is 0 Å². The van der Waals surface area contributed by atoms with Gasteiger partial charge in [-0.2, -0.15) is 0 Å². The van der Waals surface area contributed by atoms with E-state index >= 15 is 24.0 Å². The summed E-state index contributed by atoms with van der Waals surface area (Å²) in [4.78, 5) is 201. The molecule has 12 atom stereocenters. The molecule has 2 aliphatic heterocycles. The van der Waals surface area contributed by atoms with Gasteiger partial charge in [-0.1, -0.05) is 146 Å². The Balaban J connectivity index is 1.68. The third-order valence-electron chi connectivity index (χ3n) is 19.4. The molecule has 2 fully saturated rings. The van der Waals surface area contributed by atoms with Crippen LogP contribution in [0.5, 0.6) is 0 Å². The molecule has 0 aromatic heterocycles. The maximum absolute atomic E-state index is 15.6. The van der Waals surface area contributed by atoms with E-state index in [2.05, 4.69) is 31.9 Å². The van der Waals surface area contributed by atoms with Crippen molar-refractivity contribution in [1.29, 1.82) is 0 Å². The molecular weight excluding hydrogens is 1320 g/mol. The van der Waals surface area contributed by atoms with Gasteiger partial charge in [0.2, 0.25) is 76.8 Å². The molecule has 566 valence electrons. The molecule has 3 aromatic carbocycles. The Morgan fingerprint density at radius 2 is 1.03 bits per heavy atom. The monoisotopic (exact) mass is 1430 g/mol. The molecule has 2 aliphatic rings. The summed E-state index contributed by atoms with van der Waals surface area (Å²) in [6.45, 7) is 18.5. The van der Waals surface area contributed by atoms with E-state index in [0.29, 0.717) is 29.8 Å². The van der Waals surface area contributed by atoms with Crippen LogP contribution in [-0.2, 0) is 81.6 Å². The van der Waals surface area contributed by atoms with Gasteiger partial charge in [0.1, 0.15) is 66.5 Å². The molecule has 0 saturated carbocycles. The molecule has 0 aliphatic carbocycles. The molecule has 13 amide bonds. The van der Waals surface area contributed by atoms with Crippen molar-refractivity contribution in [3.63, 3.8) is 0 Å². The molecule has 3 aromatic rings. The first-order chi connectivity index (χ1) is 48.5. The number of likely N-dealkylation sites (N-methyl/N-ethyl adjacent to an activating group) is 6. The number of rotatable bonds is 18. The molecule has 0 spiro atoms. The summed E-state index contributed by atoms with van der Waals surface area (Å²) >= 11 is 0. The minimum absolute atomic E-state index is 0.0248. The van der Waals surface area contributed by atoms with Gasteiger partial charge >= 0.3 is 0 Å². The Labute approximate surface area is 607 Å². The number of likely N-dealkylation sites (tertiary alicyclic amines) is 1. The first-order valence-electron chi connectivity index (χ1n) is 35.9. The molecule has 27 heteroatoms. The van der Waals surface area contributed by atoms with Crippen LogP contribution in [0, 0.1) is 23.7 Å². The summed E-state index contributed by atoms with van der Waals surface area (Å²) in [5.41, 5.74) is 1.77. The molecule has 5 rings (SSSR count). The van der Waals surface area contributed by atoms with E-state index in [1.165, 1.54) is 65.9 Å². The lowest BCUT2D eigenvalue weighted by Crippen LogP contribution is -2.62. The lowest BCUT2D eigenvalue weighted by atomic mass is 9.96. The number of nitrogens with zero attached hydrogens (tertiary/aromatic N) is 7. The number of benzene rings is 3. The number of hydrogen-bond donors (Lipinski definition) is 7. The highest BCUT2D eigenvalue weighted by Gasteiger charge is 2.44. The number of nitrogens with one attached hydrogen (secondary N) is 6. The number of amides is 13. The number of piperidine rings is 1. The van der Waals surface area contributed by atoms with Gasteiger partial charge in [0.15, 0.2) is 0 Å². The maximum atomic E-state index is 15.6. The van der Waals surface area contributed by atoms with Gasteiger partial charge in [-0.3, -0.25) is 62.3 Å². The fourth-order valence-corrected chi connectivity index (χ4v) is 13.0. The summed E-state index contributed by atoms with van der Waals surface area (Å²) in [5.74, 6) is -12.0. The van der Waals surface area contributed by atoms with Crippen molar-refractivity contribution < 1.29 is 67.4 Å². The number of hydrogen-bond acceptors (Lipinski definition) is 14. The number of aliphatic hydroxyl groups is 1. The third kappa shape index (κ3) is 23.6. The van der Waals surface area contributed by atoms with Crippen LogP contribution in [0.3, 0.4) is 0 Å². The van der Waals surface area contributed by atoms with Crippen LogP contribution < -0.4 is 31.9 Å². The highest BCUT2D eigenvalue weighted by molar-refractivity contribution is 6.01. The summed E-state index contributed by atoms with van der Waals surface area (Å²) < 4.78 is 0. The quantitative estimate of drug-likeness (QED) is 0.0963. The number of carbonyl (C=O) groups excluding carboxylic acids is 13. The number of carbonyl (C=O) groups is 13. The Bertz CT molecular complexity index is 3410. The fraction of sp³-hybridized carbons (Fsp3) is 0.592. The van der Waals surface area contributed by atoms with Crippen LogP contribution in [0.1, 0.15) is 131 Å². The van der Waals surface area contributed by atoms with Crippen LogP contribution >= 0.6 is 0 Å². The van der Waals surface area contributed by atoms with Gasteiger partial charge in [-0.05, 0) is 93.2 Å². The van der Waals surface area contributed by atoms with Gasteiger partial charge in [0, 0.05) is 74.6 Å². The highest BCUT2D eigenvalue weighted by Crippen LogP contribution is 2.23. The molecule has 2 saturated heterocycles. The summed E-state index contributed by atoms with van der Waals surface area (Å²) in [5, 5.41) is 27.8. The zero-order valence-electron chi connectivity index (χ0n) is 63.3. The second kappa shape index (κ2) is 39.4. The first-order valence-corrected chi connectivity index (χ1v) is 35.9. The van der Waals surface area contributed by atoms with Crippen LogP contribution in [0.25, 0.3) is 0 Å². The topological polar surface area (TPSA) is 337 Å². The van der Waals surface area contributed by atoms with Gasteiger partial charge in [0.05, 0.1) is 19.1 Å². The largest absolute Gasteiger partial charge is 0.391 e. The van der Waals surface area contributed by atoms with E-state index in [0.717, 1.165) is 38.9 Å². The smallest absolute Gasteiger partial charge is 0.248 e. The maximum Gasteiger partial charge on any atom is 0.248 e. The van der Waals surface area contributed by atoms with Gasteiger partial charge in [-0.15, -0.1) is 0 Å². The van der Waals surface area contributed by atoms with E-state index in [1.807, 2.05) is 13.8 Å². The lowest BCUT2D eigenvalue weighted by Gasteiger charge is -2.37. The van der Waals surface area contributed by atoms with E-state index < -0.39 is 168 Å².